The topological polar surface area (TPSA) is 17.8 Å². The van der Waals surface area contributed by atoms with Crippen LogP contribution in [0.4, 0.5) is 0 Å². The minimum Gasteiger partial charge on any atom is -0.348 e. The van der Waals surface area contributed by atoms with E-state index in [0.717, 1.165) is 5.44 Å². The predicted molar refractivity (Wildman–Crippen MR) is 66.1 cm³/mol. The fourth-order valence-corrected chi connectivity index (χ4v) is 1.62. The Kier molecular flexibility index (Phi) is 3.65. The number of rotatable bonds is 0. The van der Waals surface area contributed by atoms with E-state index in [-0.39, 0.29) is 0 Å². The maximum atomic E-state index is 4.21. The van der Waals surface area contributed by atoms with Crippen molar-refractivity contribution in [1.29, 1.82) is 0 Å². The summed E-state index contributed by atoms with van der Waals surface area (Å²) in [5.41, 5.74) is 3.50. The van der Waals surface area contributed by atoms with Gasteiger partial charge in [-0.25, -0.2) is 0 Å². The Morgan fingerprint density at radius 2 is 1.93 bits per heavy atom. The zero-order valence-corrected chi connectivity index (χ0v) is 10.4. The van der Waals surface area contributed by atoms with Gasteiger partial charge in [0.05, 0.1) is 11.0 Å². The maximum absolute atomic E-state index is 4.21. The van der Waals surface area contributed by atoms with Gasteiger partial charge in [0.2, 0.25) is 0 Å². The second kappa shape index (κ2) is 4.56. The summed E-state index contributed by atoms with van der Waals surface area (Å²) in [4.78, 5) is 4.21. The third-order valence-electron chi connectivity index (χ3n) is 2.19. The van der Waals surface area contributed by atoms with Crippen LogP contribution in [-0.4, -0.2) is 9.55 Å². The number of aryl methyl sites for hydroxylation is 2. The predicted octanol–water partition coefficient (Wildman–Crippen LogP) is 2.41. The number of aromatic nitrogens is 2. The highest BCUT2D eigenvalue weighted by atomic mass is 31.0. The highest BCUT2D eigenvalue weighted by molar-refractivity contribution is 7.26. The Balaban J connectivity index is 0.000000461. The van der Waals surface area contributed by atoms with Crippen molar-refractivity contribution < 1.29 is 0 Å². The molecule has 3 heteroatoms. The van der Waals surface area contributed by atoms with Crippen molar-refractivity contribution in [3.63, 3.8) is 0 Å². The summed E-state index contributed by atoms with van der Waals surface area (Å²) >= 11 is 0. The van der Waals surface area contributed by atoms with E-state index < -0.39 is 0 Å². The van der Waals surface area contributed by atoms with Crippen LogP contribution in [0.2, 0.25) is 0 Å². The molecule has 0 fully saturated rings. The molecule has 0 amide bonds. The molecule has 2 aromatic heterocycles. The molecule has 2 rings (SSSR count). The van der Waals surface area contributed by atoms with Crippen LogP contribution in [-0.2, 0) is 7.05 Å². The molecule has 14 heavy (non-hydrogen) atoms. The van der Waals surface area contributed by atoms with Crippen molar-refractivity contribution in [2.45, 2.75) is 20.8 Å². The Bertz CT molecular complexity index is 432. The largest absolute Gasteiger partial charge is 0.348 e. The van der Waals surface area contributed by atoms with E-state index in [0.29, 0.717) is 0 Å². The highest BCUT2D eigenvalue weighted by Gasteiger charge is 2.01. The number of nitrogens with zero attached hydrogens (tertiary/aromatic N) is 2. The third kappa shape index (κ3) is 1.96. The lowest BCUT2D eigenvalue weighted by atomic mass is 10.3. The fourth-order valence-electron chi connectivity index (χ4n) is 1.38. The van der Waals surface area contributed by atoms with Crippen LogP contribution in [0.25, 0.3) is 10.9 Å². The molecule has 0 aliphatic heterocycles. The minimum absolute atomic E-state index is 0.990. The van der Waals surface area contributed by atoms with E-state index in [1.807, 2.05) is 20.0 Å². The van der Waals surface area contributed by atoms with Gasteiger partial charge in [-0.05, 0) is 19.1 Å². The van der Waals surface area contributed by atoms with E-state index in [4.69, 9.17) is 0 Å². The monoisotopic (exact) mass is 208 g/mol. The molecular formula is C11H17N2P. The Labute approximate surface area is 87.5 Å². The van der Waals surface area contributed by atoms with Gasteiger partial charge in [-0.3, -0.25) is 4.98 Å². The summed E-state index contributed by atoms with van der Waals surface area (Å²) in [5, 5.41) is 1.21. The molecule has 1 unspecified atom stereocenters. The summed E-state index contributed by atoms with van der Waals surface area (Å²) in [6.45, 7) is 6.10. The number of hydrogen-bond donors (Lipinski definition) is 0. The summed E-state index contributed by atoms with van der Waals surface area (Å²) in [6.07, 6.45) is 1.91. The molecule has 76 valence electrons. The molecule has 2 heterocycles. The Hall–Kier alpha value is -0.880. The lowest BCUT2D eigenvalue weighted by molar-refractivity contribution is 0.918. The van der Waals surface area contributed by atoms with Crippen molar-refractivity contribution in [3.8, 4) is 0 Å². The molecule has 0 aliphatic carbocycles. The van der Waals surface area contributed by atoms with Crippen molar-refractivity contribution in [1.82, 2.24) is 9.55 Å². The lowest BCUT2D eigenvalue weighted by Crippen LogP contribution is -1.97. The summed E-state index contributed by atoms with van der Waals surface area (Å²) < 4.78 is 2.17. The van der Waals surface area contributed by atoms with Gasteiger partial charge in [0.1, 0.15) is 0 Å². The van der Waals surface area contributed by atoms with Gasteiger partial charge in [0.25, 0.3) is 0 Å². The quantitative estimate of drug-likeness (QED) is 0.608. The van der Waals surface area contributed by atoms with E-state index in [1.165, 1.54) is 16.6 Å². The Morgan fingerprint density at radius 1 is 1.29 bits per heavy atom. The van der Waals surface area contributed by atoms with Crippen LogP contribution in [0.5, 0.6) is 0 Å². The average Bonchev–Trinajstić information content (AvgIpc) is 2.48. The number of fused-ring (bicyclic) bond motifs is 1. The van der Waals surface area contributed by atoms with Crippen molar-refractivity contribution in [3.05, 3.63) is 24.0 Å². The van der Waals surface area contributed by atoms with Crippen molar-refractivity contribution in [2.24, 2.45) is 7.05 Å². The molecule has 0 saturated heterocycles. The summed E-state index contributed by atoms with van der Waals surface area (Å²) in [6, 6.07) is 4.22. The first-order valence-electron chi connectivity index (χ1n) is 4.86. The van der Waals surface area contributed by atoms with Crippen LogP contribution in [0.3, 0.4) is 0 Å². The van der Waals surface area contributed by atoms with E-state index in [9.17, 15) is 0 Å². The maximum Gasteiger partial charge on any atom is 0.0590 e. The fraction of sp³-hybridized carbons (Fsp3) is 0.364. The van der Waals surface area contributed by atoms with Gasteiger partial charge in [-0.1, -0.05) is 23.1 Å². The molecular weight excluding hydrogens is 191 g/mol. The second-order valence-corrected chi connectivity index (χ2v) is 3.60. The summed E-state index contributed by atoms with van der Waals surface area (Å²) in [5.74, 6) is 0. The van der Waals surface area contributed by atoms with Crippen molar-refractivity contribution >= 4 is 25.6 Å². The molecule has 0 saturated carbocycles. The van der Waals surface area contributed by atoms with E-state index >= 15 is 0 Å². The highest BCUT2D eigenvalue weighted by Crippen LogP contribution is 2.15. The van der Waals surface area contributed by atoms with Crippen LogP contribution in [0.15, 0.2) is 18.3 Å². The van der Waals surface area contributed by atoms with Gasteiger partial charge >= 0.3 is 0 Å². The van der Waals surface area contributed by atoms with Crippen LogP contribution in [0, 0.1) is 6.92 Å². The van der Waals surface area contributed by atoms with Crippen LogP contribution < -0.4 is 5.44 Å². The van der Waals surface area contributed by atoms with E-state index in [2.05, 4.69) is 44.9 Å². The van der Waals surface area contributed by atoms with Gasteiger partial charge < -0.3 is 4.57 Å². The third-order valence-corrected chi connectivity index (χ3v) is 2.50. The second-order valence-electron chi connectivity index (χ2n) is 3.01. The molecule has 0 aliphatic rings. The first-order chi connectivity index (χ1) is 6.68. The Morgan fingerprint density at radius 3 is 2.57 bits per heavy atom. The normalized spacial score (nSPS) is 9.79. The van der Waals surface area contributed by atoms with Crippen LogP contribution in [0.1, 0.15) is 19.5 Å². The molecule has 0 N–H and O–H groups in total. The SMILES string of the molecule is CC.Cc1cc2cnc(P)cc2n1C. The average molecular weight is 208 g/mol. The lowest BCUT2D eigenvalue weighted by Gasteiger charge is -1.98. The van der Waals surface area contributed by atoms with Crippen molar-refractivity contribution in [2.75, 3.05) is 0 Å². The zero-order valence-electron chi connectivity index (χ0n) is 9.20. The molecule has 0 aromatic carbocycles. The molecule has 0 spiro atoms. The van der Waals surface area contributed by atoms with Gasteiger partial charge in [-0.15, -0.1) is 0 Å². The molecule has 0 bridgehead atoms. The zero-order chi connectivity index (χ0) is 10.7. The van der Waals surface area contributed by atoms with Gasteiger partial charge in [-0.2, -0.15) is 0 Å². The van der Waals surface area contributed by atoms with Crippen LogP contribution >= 0.6 is 9.24 Å². The summed E-state index contributed by atoms with van der Waals surface area (Å²) in [7, 11) is 4.68. The van der Waals surface area contributed by atoms with E-state index in [1.54, 1.807) is 0 Å². The molecule has 2 nitrogen and oxygen atoms in total. The van der Waals surface area contributed by atoms with Gasteiger partial charge in [0.15, 0.2) is 0 Å². The first kappa shape index (κ1) is 11.2. The minimum atomic E-state index is 0.990. The molecule has 0 radical (unpaired) electrons. The first-order valence-corrected chi connectivity index (χ1v) is 5.44. The molecule has 2 aromatic rings. The standard InChI is InChI=1S/C9H11N2P.C2H6/c1-6-3-7-5-10-9(12)4-8(7)11(6)2;1-2/h3-5H,12H2,1-2H3;1-2H3. The molecule has 1 atom stereocenters. The van der Waals surface area contributed by atoms with Gasteiger partial charge in [0, 0.05) is 24.3 Å². The number of hydrogen-bond acceptors (Lipinski definition) is 1. The smallest absolute Gasteiger partial charge is 0.0590 e. The number of pyridine rings is 1.